The number of rotatable bonds is 8. The number of anilines is 1. The number of thioether (sulfide) groups is 2. The van der Waals surface area contributed by atoms with Crippen molar-refractivity contribution in [1.29, 1.82) is 0 Å². The normalized spacial score (nSPS) is 10.4. The fraction of sp³-hybridized carbons (Fsp3) is 0.267. The highest BCUT2D eigenvalue weighted by atomic mass is 32.2. The van der Waals surface area contributed by atoms with Crippen LogP contribution in [0.5, 0.6) is 0 Å². The standard InChI is InChI=1S/C15H17N3O2S2/c1-3-9-18(12-7-5-4-6-8-12)14(19)11-22-15-17-16-13(20-15)10-21-2/h3-8H,1,9-11H2,2H3. The quantitative estimate of drug-likeness (QED) is 0.545. The fourth-order valence-corrected chi connectivity index (χ4v) is 2.79. The zero-order valence-electron chi connectivity index (χ0n) is 12.3. The Kier molecular flexibility index (Phi) is 6.54. The van der Waals surface area contributed by atoms with Gasteiger partial charge in [0.2, 0.25) is 11.8 Å². The van der Waals surface area contributed by atoms with E-state index in [2.05, 4.69) is 16.8 Å². The molecule has 2 aromatic rings. The second-order valence-electron chi connectivity index (χ2n) is 4.31. The average Bonchev–Trinajstić information content (AvgIpc) is 2.99. The molecule has 0 fully saturated rings. The van der Waals surface area contributed by atoms with E-state index in [1.165, 1.54) is 11.8 Å². The minimum Gasteiger partial charge on any atom is -0.415 e. The van der Waals surface area contributed by atoms with E-state index in [1.54, 1.807) is 22.7 Å². The van der Waals surface area contributed by atoms with E-state index in [4.69, 9.17) is 4.42 Å². The molecule has 2 rings (SSSR count). The zero-order chi connectivity index (χ0) is 15.8. The lowest BCUT2D eigenvalue weighted by molar-refractivity contribution is -0.116. The van der Waals surface area contributed by atoms with Gasteiger partial charge in [-0.05, 0) is 18.4 Å². The summed E-state index contributed by atoms with van der Waals surface area (Å²) in [5.74, 6) is 1.46. The SMILES string of the molecule is C=CCN(C(=O)CSc1nnc(CSC)o1)c1ccccc1. The Hall–Kier alpha value is -1.73. The second-order valence-corrected chi connectivity index (χ2v) is 6.10. The molecule has 5 nitrogen and oxygen atoms in total. The van der Waals surface area contributed by atoms with Gasteiger partial charge in [-0.2, -0.15) is 11.8 Å². The monoisotopic (exact) mass is 335 g/mol. The van der Waals surface area contributed by atoms with Gasteiger partial charge in [0.1, 0.15) is 0 Å². The van der Waals surface area contributed by atoms with Crippen molar-refractivity contribution >= 4 is 35.1 Å². The summed E-state index contributed by atoms with van der Waals surface area (Å²) in [5.41, 5.74) is 0.849. The molecule has 0 spiro atoms. The Morgan fingerprint density at radius 3 is 2.82 bits per heavy atom. The highest BCUT2D eigenvalue weighted by Crippen LogP contribution is 2.20. The minimum absolute atomic E-state index is 0.0271. The molecule has 22 heavy (non-hydrogen) atoms. The van der Waals surface area contributed by atoms with E-state index in [1.807, 2.05) is 36.6 Å². The van der Waals surface area contributed by atoms with Gasteiger partial charge < -0.3 is 9.32 Å². The predicted octanol–water partition coefficient (Wildman–Crippen LogP) is 3.24. The molecule has 7 heteroatoms. The Morgan fingerprint density at radius 1 is 1.36 bits per heavy atom. The Labute approximate surface area is 138 Å². The van der Waals surface area contributed by atoms with Gasteiger partial charge in [-0.15, -0.1) is 16.8 Å². The number of carbonyl (C=O) groups is 1. The van der Waals surface area contributed by atoms with Crippen LogP contribution in [0.4, 0.5) is 5.69 Å². The van der Waals surface area contributed by atoms with Crippen molar-refractivity contribution in [2.24, 2.45) is 0 Å². The first-order chi connectivity index (χ1) is 10.7. The molecular weight excluding hydrogens is 318 g/mol. The van der Waals surface area contributed by atoms with Crippen molar-refractivity contribution in [3.05, 3.63) is 48.9 Å². The van der Waals surface area contributed by atoms with Crippen LogP contribution in [-0.4, -0.2) is 34.7 Å². The number of benzene rings is 1. The number of hydrogen-bond acceptors (Lipinski definition) is 6. The molecule has 0 aliphatic heterocycles. The van der Waals surface area contributed by atoms with Crippen LogP contribution in [-0.2, 0) is 10.5 Å². The Balaban J connectivity index is 1.97. The van der Waals surface area contributed by atoms with E-state index in [0.29, 0.717) is 23.4 Å². The summed E-state index contributed by atoms with van der Waals surface area (Å²) in [6, 6.07) is 9.52. The van der Waals surface area contributed by atoms with Gasteiger partial charge in [0, 0.05) is 12.2 Å². The van der Waals surface area contributed by atoms with Crippen LogP contribution in [0, 0.1) is 0 Å². The van der Waals surface area contributed by atoms with Crippen LogP contribution >= 0.6 is 23.5 Å². The zero-order valence-corrected chi connectivity index (χ0v) is 13.9. The van der Waals surface area contributed by atoms with Gasteiger partial charge in [-0.3, -0.25) is 4.79 Å². The molecule has 0 aliphatic rings. The summed E-state index contributed by atoms with van der Waals surface area (Å²) in [7, 11) is 0. The Bertz CT molecular complexity index is 616. The van der Waals surface area contributed by atoms with E-state index in [9.17, 15) is 4.79 Å². The Morgan fingerprint density at radius 2 is 2.14 bits per heavy atom. The molecule has 0 atom stereocenters. The number of nitrogens with zero attached hydrogens (tertiary/aromatic N) is 3. The molecule has 0 saturated carbocycles. The van der Waals surface area contributed by atoms with E-state index >= 15 is 0 Å². The van der Waals surface area contributed by atoms with Crippen molar-refractivity contribution in [2.45, 2.75) is 11.0 Å². The van der Waals surface area contributed by atoms with Crippen molar-refractivity contribution in [3.63, 3.8) is 0 Å². The fourth-order valence-electron chi connectivity index (χ4n) is 1.77. The number of para-hydroxylation sites is 1. The van der Waals surface area contributed by atoms with Crippen LogP contribution in [0.25, 0.3) is 0 Å². The summed E-state index contributed by atoms with van der Waals surface area (Å²) in [4.78, 5) is 14.1. The molecule has 1 amide bonds. The number of hydrogen-bond donors (Lipinski definition) is 0. The summed E-state index contributed by atoms with van der Waals surface area (Å²) in [6.07, 6.45) is 3.67. The smallest absolute Gasteiger partial charge is 0.277 e. The van der Waals surface area contributed by atoms with Crippen molar-refractivity contribution in [2.75, 3.05) is 23.5 Å². The van der Waals surface area contributed by atoms with Gasteiger partial charge in [0.25, 0.3) is 5.22 Å². The first kappa shape index (κ1) is 16.6. The van der Waals surface area contributed by atoms with Crippen LogP contribution in [0.15, 0.2) is 52.6 Å². The maximum atomic E-state index is 12.4. The average molecular weight is 335 g/mol. The number of carbonyl (C=O) groups excluding carboxylic acids is 1. The largest absolute Gasteiger partial charge is 0.415 e. The minimum atomic E-state index is -0.0271. The third-order valence-electron chi connectivity index (χ3n) is 2.72. The predicted molar refractivity (Wildman–Crippen MR) is 91.2 cm³/mol. The summed E-state index contributed by atoms with van der Waals surface area (Å²) in [6.45, 7) is 4.17. The molecule has 1 heterocycles. The van der Waals surface area contributed by atoms with Crippen molar-refractivity contribution in [3.8, 4) is 0 Å². The third-order valence-corrected chi connectivity index (χ3v) is 4.05. The van der Waals surface area contributed by atoms with Crippen LogP contribution in [0.1, 0.15) is 5.89 Å². The molecular formula is C15H17N3O2S2. The summed E-state index contributed by atoms with van der Waals surface area (Å²) >= 11 is 2.86. The lowest BCUT2D eigenvalue weighted by atomic mass is 10.3. The molecule has 116 valence electrons. The topological polar surface area (TPSA) is 59.2 Å². The van der Waals surface area contributed by atoms with E-state index < -0.39 is 0 Å². The van der Waals surface area contributed by atoms with Gasteiger partial charge in [0.05, 0.1) is 11.5 Å². The van der Waals surface area contributed by atoms with Gasteiger partial charge in [-0.1, -0.05) is 36.0 Å². The highest BCUT2D eigenvalue weighted by molar-refractivity contribution is 7.99. The lowest BCUT2D eigenvalue weighted by Gasteiger charge is -2.20. The first-order valence-electron chi connectivity index (χ1n) is 6.65. The molecule has 0 aliphatic carbocycles. The second kappa shape index (κ2) is 8.65. The molecule has 0 bridgehead atoms. The van der Waals surface area contributed by atoms with Crippen molar-refractivity contribution < 1.29 is 9.21 Å². The lowest BCUT2D eigenvalue weighted by Crippen LogP contribution is -2.32. The summed E-state index contributed by atoms with van der Waals surface area (Å²) < 4.78 is 5.45. The van der Waals surface area contributed by atoms with E-state index in [-0.39, 0.29) is 11.7 Å². The number of amides is 1. The maximum Gasteiger partial charge on any atom is 0.277 e. The molecule has 1 aromatic heterocycles. The number of aromatic nitrogens is 2. The van der Waals surface area contributed by atoms with Crippen LogP contribution in [0.3, 0.4) is 0 Å². The molecule has 0 radical (unpaired) electrons. The third kappa shape index (κ3) is 4.64. The summed E-state index contributed by atoms with van der Waals surface area (Å²) in [5, 5.41) is 8.27. The van der Waals surface area contributed by atoms with Gasteiger partial charge in [0.15, 0.2) is 0 Å². The molecule has 0 unspecified atom stereocenters. The molecule has 1 aromatic carbocycles. The highest BCUT2D eigenvalue weighted by Gasteiger charge is 2.16. The first-order valence-corrected chi connectivity index (χ1v) is 9.03. The van der Waals surface area contributed by atoms with Gasteiger partial charge >= 0.3 is 0 Å². The van der Waals surface area contributed by atoms with E-state index in [0.717, 1.165) is 5.69 Å². The maximum absolute atomic E-state index is 12.4. The van der Waals surface area contributed by atoms with Crippen LogP contribution < -0.4 is 4.90 Å². The van der Waals surface area contributed by atoms with Crippen LogP contribution in [0.2, 0.25) is 0 Å². The van der Waals surface area contributed by atoms with Crippen molar-refractivity contribution in [1.82, 2.24) is 10.2 Å². The van der Waals surface area contributed by atoms with Gasteiger partial charge in [-0.25, -0.2) is 0 Å². The molecule has 0 N–H and O–H groups in total. The molecule has 0 saturated heterocycles.